The molecule has 4 nitrogen and oxygen atoms in total. The number of nitrogens with one attached hydrogen (secondary N) is 2. The fraction of sp³-hybridized carbons (Fsp3) is 0.500. The molecule has 6 rings (SSSR count). The molecule has 4 heteroatoms. The van der Waals surface area contributed by atoms with Gasteiger partial charge in [0.05, 0.1) is 0 Å². The molecule has 3 aliphatic carbocycles. The lowest BCUT2D eigenvalue weighted by molar-refractivity contribution is -0.0113. The van der Waals surface area contributed by atoms with Gasteiger partial charge in [0.15, 0.2) is 0 Å². The Kier molecular flexibility index (Phi) is 5.06. The molecule has 30 heavy (non-hydrogen) atoms. The number of allylic oxidation sites excluding steroid dienone is 1. The van der Waals surface area contributed by atoms with Gasteiger partial charge in [0.25, 0.3) is 0 Å². The van der Waals surface area contributed by atoms with Crippen LogP contribution >= 0.6 is 0 Å². The monoisotopic (exact) mass is 403 g/mol. The van der Waals surface area contributed by atoms with Crippen molar-refractivity contribution in [3.05, 3.63) is 54.1 Å². The van der Waals surface area contributed by atoms with Crippen LogP contribution in [0.2, 0.25) is 0 Å². The normalized spacial score (nSPS) is 26.0. The van der Waals surface area contributed by atoms with Crippen LogP contribution in [0.1, 0.15) is 39.5 Å². The summed E-state index contributed by atoms with van der Waals surface area (Å²) >= 11 is 0. The molecule has 2 aromatic rings. The van der Waals surface area contributed by atoms with Gasteiger partial charge in [0.1, 0.15) is 0 Å². The van der Waals surface area contributed by atoms with Crippen molar-refractivity contribution in [3.8, 4) is 0 Å². The molecule has 0 aromatic heterocycles. The van der Waals surface area contributed by atoms with Crippen molar-refractivity contribution in [1.29, 1.82) is 0 Å². The Labute approximate surface area is 179 Å². The van der Waals surface area contributed by atoms with Gasteiger partial charge in [-0.15, -0.1) is 0 Å². The first-order valence-electron chi connectivity index (χ1n) is 11.5. The summed E-state index contributed by atoms with van der Waals surface area (Å²) in [6.45, 7) is 8.15. The number of nitrogens with zero attached hydrogens (tertiary/aromatic N) is 1. The molecule has 2 atom stereocenters. The third-order valence-electron chi connectivity index (χ3n) is 7.92. The van der Waals surface area contributed by atoms with Crippen LogP contribution in [0.3, 0.4) is 0 Å². The van der Waals surface area contributed by atoms with Gasteiger partial charge in [-0.25, -0.2) is 4.79 Å². The average Bonchev–Trinajstić information content (AvgIpc) is 2.75. The Morgan fingerprint density at radius 2 is 1.87 bits per heavy atom. The van der Waals surface area contributed by atoms with Crippen LogP contribution in [-0.4, -0.2) is 36.6 Å². The summed E-state index contributed by atoms with van der Waals surface area (Å²) in [7, 11) is 0. The van der Waals surface area contributed by atoms with Crippen molar-refractivity contribution in [2.24, 2.45) is 17.3 Å². The Bertz CT molecular complexity index is 971. The molecule has 1 aliphatic heterocycles. The van der Waals surface area contributed by atoms with Crippen LogP contribution in [0.15, 0.2) is 54.1 Å². The number of benzene rings is 2. The molecule has 2 bridgehead atoms. The molecule has 2 amide bonds. The third kappa shape index (κ3) is 3.74. The van der Waals surface area contributed by atoms with E-state index in [0.29, 0.717) is 5.41 Å². The summed E-state index contributed by atoms with van der Waals surface area (Å²) in [5, 5.41) is 8.51. The minimum atomic E-state index is -0.0963. The molecule has 1 heterocycles. The summed E-state index contributed by atoms with van der Waals surface area (Å²) in [5.74, 6) is 1.70. The Morgan fingerprint density at radius 1 is 1.10 bits per heavy atom. The van der Waals surface area contributed by atoms with Crippen LogP contribution in [0.4, 0.5) is 10.5 Å². The lowest BCUT2D eigenvalue weighted by atomic mass is 9.49. The minimum absolute atomic E-state index is 0.0963. The van der Waals surface area contributed by atoms with Gasteiger partial charge in [-0.05, 0) is 65.8 Å². The van der Waals surface area contributed by atoms with Gasteiger partial charge in [0.2, 0.25) is 0 Å². The van der Waals surface area contributed by atoms with Crippen molar-refractivity contribution in [1.82, 2.24) is 10.2 Å². The highest BCUT2D eigenvalue weighted by Gasteiger charge is 2.51. The van der Waals surface area contributed by atoms with Crippen molar-refractivity contribution in [3.63, 3.8) is 0 Å². The summed E-state index contributed by atoms with van der Waals surface area (Å²) in [6.07, 6.45) is 7.23. The number of rotatable bonds is 4. The number of urea groups is 1. The zero-order valence-corrected chi connectivity index (χ0v) is 18.2. The van der Waals surface area contributed by atoms with Gasteiger partial charge < -0.3 is 10.6 Å². The van der Waals surface area contributed by atoms with E-state index in [1.165, 1.54) is 18.2 Å². The predicted octanol–water partition coefficient (Wildman–Crippen LogP) is 5.42. The molecule has 4 aliphatic rings. The van der Waals surface area contributed by atoms with Crippen LogP contribution < -0.4 is 10.6 Å². The summed E-state index contributed by atoms with van der Waals surface area (Å²) in [5.41, 5.74) is 3.02. The highest BCUT2D eigenvalue weighted by Crippen LogP contribution is 2.59. The zero-order valence-electron chi connectivity index (χ0n) is 18.2. The van der Waals surface area contributed by atoms with E-state index in [0.717, 1.165) is 55.4 Å². The maximum atomic E-state index is 12.5. The number of carbonyl (C=O) groups excluding carboxylic acids is 1. The van der Waals surface area contributed by atoms with Crippen molar-refractivity contribution in [2.75, 3.05) is 25.0 Å². The predicted molar refractivity (Wildman–Crippen MR) is 124 cm³/mol. The van der Waals surface area contributed by atoms with Crippen LogP contribution in [-0.2, 0) is 0 Å². The van der Waals surface area contributed by atoms with Crippen LogP contribution in [0.25, 0.3) is 10.8 Å². The Morgan fingerprint density at radius 3 is 2.60 bits per heavy atom. The van der Waals surface area contributed by atoms with E-state index < -0.39 is 0 Å². The van der Waals surface area contributed by atoms with E-state index in [1.54, 1.807) is 5.57 Å². The Balaban J connectivity index is 1.10. The van der Waals surface area contributed by atoms with Crippen molar-refractivity contribution in [2.45, 2.75) is 45.6 Å². The van der Waals surface area contributed by atoms with E-state index in [-0.39, 0.29) is 12.1 Å². The molecule has 2 aromatic carbocycles. The zero-order chi connectivity index (χ0) is 20.7. The molecule has 0 radical (unpaired) electrons. The lowest BCUT2D eigenvalue weighted by Crippen LogP contribution is -2.51. The first kappa shape index (κ1) is 19.6. The Hall–Kier alpha value is -2.33. The number of piperidine rings is 1. The van der Waals surface area contributed by atoms with E-state index in [2.05, 4.69) is 53.7 Å². The van der Waals surface area contributed by atoms with Gasteiger partial charge in [-0.1, -0.05) is 55.8 Å². The highest BCUT2D eigenvalue weighted by atomic mass is 16.2. The van der Waals surface area contributed by atoms with Crippen LogP contribution in [0, 0.1) is 17.3 Å². The van der Waals surface area contributed by atoms with Crippen molar-refractivity contribution < 1.29 is 4.79 Å². The second kappa shape index (κ2) is 7.73. The molecule has 2 unspecified atom stereocenters. The van der Waals surface area contributed by atoms with Gasteiger partial charge in [0, 0.05) is 31.4 Å². The molecular weight excluding hydrogens is 370 g/mol. The first-order chi connectivity index (χ1) is 14.5. The number of carbonyl (C=O) groups is 1. The standard InChI is InChI=1S/C26H33N3O/c1-26(2)21-9-7-20(24(26)16-21)17-29-13-11-22(12-14-29)27-25(30)28-23-10-8-18-5-3-4-6-19(18)15-23/h3-8,10,15,21-22,24H,9,11-14,16-17H2,1-2H3,(H2,27,28,30). The van der Waals surface area contributed by atoms with Gasteiger partial charge in [-0.2, -0.15) is 0 Å². The largest absolute Gasteiger partial charge is 0.335 e. The number of anilines is 1. The lowest BCUT2D eigenvalue weighted by Gasteiger charge is -2.57. The molecule has 158 valence electrons. The van der Waals surface area contributed by atoms with E-state index in [9.17, 15) is 4.79 Å². The molecule has 1 saturated carbocycles. The molecular formula is C26H33N3O. The van der Waals surface area contributed by atoms with E-state index in [1.807, 2.05) is 24.3 Å². The second-order valence-electron chi connectivity index (χ2n) is 10.0. The molecule has 1 saturated heterocycles. The number of amides is 2. The van der Waals surface area contributed by atoms with E-state index >= 15 is 0 Å². The minimum Gasteiger partial charge on any atom is -0.335 e. The summed E-state index contributed by atoms with van der Waals surface area (Å²) < 4.78 is 0. The quantitative estimate of drug-likeness (QED) is 0.670. The third-order valence-corrected chi connectivity index (χ3v) is 7.92. The molecule has 0 spiro atoms. The number of hydrogen-bond acceptors (Lipinski definition) is 2. The van der Waals surface area contributed by atoms with Crippen molar-refractivity contribution >= 4 is 22.5 Å². The number of likely N-dealkylation sites (tertiary alicyclic amines) is 1. The SMILES string of the molecule is CC1(C)C2CC=C(CN3CCC(NC(=O)Nc4ccc5ccccc5c4)CC3)C1C2. The smallest absolute Gasteiger partial charge is 0.319 e. The fourth-order valence-electron chi connectivity index (χ4n) is 5.77. The topological polar surface area (TPSA) is 44.4 Å². The highest BCUT2D eigenvalue weighted by molar-refractivity contribution is 5.93. The first-order valence-corrected chi connectivity index (χ1v) is 11.5. The molecule has 2 N–H and O–H groups in total. The summed E-state index contributed by atoms with van der Waals surface area (Å²) in [6, 6.07) is 14.4. The van der Waals surface area contributed by atoms with E-state index in [4.69, 9.17) is 0 Å². The fourth-order valence-corrected chi connectivity index (χ4v) is 5.77. The average molecular weight is 404 g/mol. The maximum absolute atomic E-state index is 12.5. The summed E-state index contributed by atoms with van der Waals surface area (Å²) in [4.78, 5) is 15.1. The number of fused-ring (bicyclic) bond motifs is 2. The number of hydrogen-bond donors (Lipinski definition) is 2. The van der Waals surface area contributed by atoms with Gasteiger partial charge >= 0.3 is 6.03 Å². The van der Waals surface area contributed by atoms with Crippen LogP contribution in [0.5, 0.6) is 0 Å². The van der Waals surface area contributed by atoms with Gasteiger partial charge in [-0.3, -0.25) is 4.90 Å². The maximum Gasteiger partial charge on any atom is 0.319 e. The second-order valence-corrected chi connectivity index (χ2v) is 10.0. The molecule has 2 fully saturated rings.